The number of methoxy groups -OCH3 is 2. The molecule has 9 aromatic carbocycles. The summed E-state index contributed by atoms with van der Waals surface area (Å²) in [5.74, 6) is 3.34. The number of fused-ring (bicyclic) bond motifs is 8. The monoisotopic (exact) mass is 1960 g/mol. The van der Waals surface area contributed by atoms with Crippen molar-refractivity contribution in [2.75, 3.05) is 55.3 Å². The number of halogens is 1. The molecule has 0 spiro atoms. The number of thiazole rings is 4. The van der Waals surface area contributed by atoms with Gasteiger partial charge in [0.25, 0.3) is 28.1 Å². The zero-order chi connectivity index (χ0) is 92.5. The second-order valence-corrected chi connectivity index (χ2v) is 41.3. The maximum Gasteiger partial charge on any atom is 0.279 e. The number of ketones is 4. The molecule has 8 aromatic heterocycles. The highest BCUT2D eigenvalue weighted by molar-refractivity contribution is 8.01. The van der Waals surface area contributed by atoms with Crippen LogP contribution in [0.3, 0.4) is 0 Å². The van der Waals surface area contributed by atoms with Crippen molar-refractivity contribution in [3.8, 4) is 34.2 Å². The zero-order valence-corrected chi connectivity index (χ0v) is 80.1. The molecular formula is C97H80FN13O12S10. The number of para-hydroxylation sites is 3. The smallest absolute Gasteiger partial charge is 0.279 e. The molecule has 0 atom stereocenters. The summed E-state index contributed by atoms with van der Waals surface area (Å²) in [5.41, 5.74) is 12.0. The van der Waals surface area contributed by atoms with E-state index in [4.69, 9.17) is 19.4 Å². The van der Waals surface area contributed by atoms with Crippen molar-refractivity contribution in [1.29, 1.82) is 0 Å². The largest absolute Gasteiger partial charge is 0.497 e. The van der Waals surface area contributed by atoms with Gasteiger partial charge in [-0.05, 0) is 170 Å². The summed E-state index contributed by atoms with van der Waals surface area (Å²) < 4.78 is 34.1. The number of aliphatic hydroxyl groups excluding tert-OH is 1. The first-order valence-corrected chi connectivity index (χ1v) is 51.0. The minimum atomic E-state index is -0.566. The lowest BCUT2D eigenvalue weighted by atomic mass is 10.1. The van der Waals surface area contributed by atoms with Gasteiger partial charge in [0.05, 0.1) is 171 Å². The number of nitrogens with zero attached hydrogens (tertiary/aromatic N) is 12. The number of thioether (sulfide) groups is 6. The molecule has 36 heteroatoms. The Morgan fingerprint density at radius 1 is 0.429 bits per heavy atom. The predicted octanol–water partition coefficient (Wildman–Crippen LogP) is 17.3. The summed E-state index contributed by atoms with van der Waals surface area (Å²) in [6, 6.07) is 59.8. The van der Waals surface area contributed by atoms with Gasteiger partial charge in [0.15, 0.2) is 26.9 Å². The van der Waals surface area contributed by atoms with Gasteiger partial charge in [-0.15, -0.1) is 80.6 Å². The van der Waals surface area contributed by atoms with Crippen LogP contribution in [-0.4, -0.2) is 148 Å². The Bertz CT molecular complexity index is 7650. The molecule has 0 bridgehead atoms. The Balaban J connectivity index is 0.000000124. The molecule has 0 unspecified atom stereocenters. The van der Waals surface area contributed by atoms with Crippen molar-refractivity contribution in [3.63, 3.8) is 0 Å². The van der Waals surface area contributed by atoms with E-state index < -0.39 is 5.91 Å². The first-order valence-electron chi connectivity index (χ1n) is 41.8. The molecule has 1 amide bonds. The normalized spacial score (nSPS) is 12.4. The van der Waals surface area contributed by atoms with E-state index in [1.807, 2.05) is 117 Å². The number of Topliss-reactive ketones (excluding diaryl/α,β-unsaturated/α-hetero) is 4. The molecule has 672 valence electrons. The molecule has 0 radical (unpaired) electrons. The van der Waals surface area contributed by atoms with E-state index in [1.54, 1.807) is 125 Å². The maximum atomic E-state index is 13.4. The lowest BCUT2D eigenvalue weighted by Gasteiger charge is -2.15. The fourth-order valence-electron chi connectivity index (χ4n) is 14.7. The zero-order valence-electron chi connectivity index (χ0n) is 71.9. The third-order valence-corrected chi connectivity index (χ3v) is 31.5. The Morgan fingerprint density at radius 3 is 1.30 bits per heavy atom. The third-order valence-electron chi connectivity index (χ3n) is 21.1. The maximum absolute atomic E-state index is 13.4. The van der Waals surface area contributed by atoms with Crippen LogP contribution < -0.4 is 37.0 Å². The van der Waals surface area contributed by atoms with E-state index in [0.29, 0.717) is 76.0 Å². The molecule has 3 aliphatic rings. The Kier molecular flexibility index (Phi) is 29.4. The number of hydrogen-bond donors (Lipinski definition) is 2. The summed E-state index contributed by atoms with van der Waals surface area (Å²) >= 11 is 14.5. The second-order valence-electron chi connectivity index (χ2n) is 30.7. The summed E-state index contributed by atoms with van der Waals surface area (Å²) in [6.45, 7) is 5.85. The highest BCUT2D eigenvalue weighted by Gasteiger charge is 2.29. The Morgan fingerprint density at radius 2 is 0.835 bits per heavy atom. The van der Waals surface area contributed by atoms with Gasteiger partial charge in [0.2, 0.25) is 0 Å². The number of rotatable bonds is 27. The van der Waals surface area contributed by atoms with E-state index in [1.165, 1.54) is 114 Å². The van der Waals surface area contributed by atoms with Crippen molar-refractivity contribution in [3.05, 3.63) is 312 Å². The second kappa shape index (κ2) is 42.1. The van der Waals surface area contributed by atoms with Gasteiger partial charge in [0.1, 0.15) is 54.7 Å². The summed E-state index contributed by atoms with van der Waals surface area (Å²) in [7, 11) is 3.12. The van der Waals surface area contributed by atoms with Crippen LogP contribution in [-0.2, 0) is 70.7 Å². The quantitative estimate of drug-likeness (QED) is 0.0357. The molecule has 3 aliphatic heterocycles. The van der Waals surface area contributed by atoms with Gasteiger partial charge in [-0.2, -0.15) is 9.78 Å². The Labute approximate surface area is 801 Å². The molecule has 17 aromatic rings. The number of amides is 1. The van der Waals surface area contributed by atoms with Crippen LogP contribution in [0.5, 0.6) is 11.5 Å². The lowest BCUT2D eigenvalue weighted by Crippen LogP contribution is -2.33. The molecule has 0 saturated carbocycles. The lowest BCUT2D eigenvalue weighted by molar-refractivity contribution is -0.118. The fourth-order valence-corrected chi connectivity index (χ4v) is 24.8. The van der Waals surface area contributed by atoms with E-state index >= 15 is 0 Å². The van der Waals surface area contributed by atoms with Crippen LogP contribution in [0.1, 0.15) is 69.9 Å². The van der Waals surface area contributed by atoms with Crippen molar-refractivity contribution >= 4 is 197 Å². The number of nitrogens with one attached hydrogen (secondary N) is 1. The number of aromatic nitrogens is 12. The fraction of sp³-hybridized carbons (Fsp3) is 0.206. The first kappa shape index (κ1) is 92.9. The highest BCUT2D eigenvalue weighted by Crippen LogP contribution is 2.37. The number of carbonyl (C=O) groups excluding carboxylic acids is 5. The van der Waals surface area contributed by atoms with Crippen LogP contribution in [0.2, 0.25) is 0 Å². The molecular weight excluding hydrogens is 1880 g/mol. The first-order chi connectivity index (χ1) is 64.5. The number of ether oxygens (including phenoxy) is 2. The number of benzene rings is 9. The molecule has 133 heavy (non-hydrogen) atoms. The van der Waals surface area contributed by atoms with Crippen LogP contribution in [0.4, 0.5) is 4.39 Å². The molecule has 0 fully saturated rings. The Hall–Kier alpha value is -11.9. The molecule has 0 aliphatic carbocycles. The van der Waals surface area contributed by atoms with Gasteiger partial charge >= 0.3 is 0 Å². The predicted molar refractivity (Wildman–Crippen MR) is 531 cm³/mol. The summed E-state index contributed by atoms with van der Waals surface area (Å²) in [5, 5.41) is 21.6. The van der Waals surface area contributed by atoms with Crippen molar-refractivity contribution in [1.82, 2.24) is 63.7 Å². The van der Waals surface area contributed by atoms with Crippen molar-refractivity contribution < 1.29 is 42.9 Å². The average molecular weight is 1960 g/mol. The topological polar surface area (TPSA) is 327 Å². The molecule has 0 saturated heterocycles. The highest BCUT2D eigenvalue weighted by atomic mass is 32.2. The van der Waals surface area contributed by atoms with Gasteiger partial charge in [-0.3, -0.25) is 56.9 Å². The molecule has 11 heterocycles. The van der Waals surface area contributed by atoms with E-state index in [-0.39, 0.29) is 107 Å². The van der Waals surface area contributed by atoms with Gasteiger partial charge in [-0.25, -0.2) is 39.3 Å². The van der Waals surface area contributed by atoms with Gasteiger partial charge in [0, 0.05) is 41.9 Å². The standard InChI is InChI=1S/C27H22N4O5S.C24H21N3O3S3.C23H18FN3O2S3.C23H19N3O2S3/c1-36-19-9-7-17(8-10-19)31-27(35)21-5-3-2-4-20(21)25(30-31)26(34)28-14-18(33)13-24-29-22-11-6-16(15-32)12-23(22)37-24;1-14-7-8-16-20(11-14)33-21(25-16)12-15(28)13-32-24-26-17-9-10-31-22(17)23(29)27(24)18-5-3-4-6-19(18)30-2;1-13-2-7-17-19(10-13)32-20(25-17)11-16(28)12-31-23-26-18-8-9-30-21(18)22(29)27(23)15-5-3-14(24)4-6-15;1-14-7-8-17-19(11-14)31-20(24-17)12-16(27)13-30-23-25-18-9-10-29-21(18)22(28)26(23)15-5-3-2-4-6-15/h2-12,32H,13-15H2,1H3,(H,28,34);3-8,11H,9-10,12-13H2,1-2H3;2-7,10H,8-9,11-12H2,1H3;2-8,11H,9-10,12-13H2,1H3. The number of aryl methyl sites for hydroxylation is 6. The minimum Gasteiger partial charge on any atom is -0.497 e. The van der Waals surface area contributed by atoms with Crippen LogP contribution in [0.15, 0.2) is 250 Å². The van der Waals surface area contributed by atoms with E-state index in [2.05, 4.69) is 60.5 Å². The van der Waals surface area contributed by atoms with Crippen LogP contribution >= 0.6 is 116 Å². The summed E-state index contributed by atoms with van der Waals surface area (Å²) in [6.07, 6.45) is 3.14. The van der Waals surface area contributed by atoms with Crippen LogP contribution in [0, 0.1) is 26.6 Å². The number of carbonyl (C=O) groups is 5. The number of aliphatic hydroxyl groups is 1. The third kappa shape index (κ3) is 21.6. The SMILES string of the molecule is COc1ccc(-n2nc(C(=O)NCC(=O)Cc3nc4ccc(CO)cc4s3)c3ccccc3c2=O)cc1.COc1ccccc1-n1c(SCC(=O)Cc2nc3ccc(C)cc3s2)nc2c(c1=O)SCC2.Cc1ccc2nc(CC(=O)CSc3nc4c(c(=O)n3-c3ccc(F)cc3)SCC4)sc2c1.Cc1ccc2nc(CC(=O)CSc3nc4c(c(=O)n3-c3ccccc3)SCC4)sc2c1. The van der Waals surface area contributed by atoms with Gasteiger partial charge < -0.3 is 19.9 Å². The van der Waals surface area contributed by atoms with Crippen LogP contribution in [0.25, 0.3) is 74.4 Å². The van der Waals surface area contributed by atoms with E-state index in [0.717, 1.165) is 131 Å². The molecule has 2 N–H and O–H groups in total. The molecule has 25 nitrogen and oxygen atoms in total. The summed E-state index contributed by atoms with van der Waals surface area (Å²) in [4.78, 5) is 151. The van der Waals surface area contributed by atoms with Crippen molar-refractivity contribution in [2.45, 2.75) is 102 Å². The minimum absolute atomic E-state index is 0.0144. The molecule has 20 rings (SSSR count). The van der Waals surface area contributed by atoms with E-state index in [9.17, 15) is 52.6 Å². The number of hydrogen-bond acceptors (Lipinski definition) is 30. The van der Waals surface area contributed by atoms with Crippen molar-refractivity contribution in [2.24, 2.45) is 0 Å². The van der Waals surface area contributed by atoms with Gasteiger partial charge in [-0.1, -0.05) is 108 Å². The average Bonchev–Trinajstić information content (AvgIpc) is 1.70.